The molecule has 7 nitrogen and oxygen atoms in total. The Morgan fingerprint density at radius 2 is 1.72 bits per heavy atom. The summed E-state index contributed by atoms with van der Waals surface area (Å²) in [6, 6.07) is 7.41. The van der Waals surface area contributed by atoms with Crippen molar-refractivity contribution in [3.05, 3.63) is 41.2 Å². The highest BCUT2D eigenvalue weighted by atomic mass is 35.5. The van der Waals surface area contributed by atoms with E-state index >= 15 is 0 Å². The normalized spacial score (nSPS) is 30.4. The Balaban J connectivity index is 1.39. The van der Waals surface area contributed by atoms with E-state index < -0.39 is 0 Å². The Hall–Kier alpha value is -2.25. The number of hydrogen-bond acceptors (Lipinski definition) is 5. The molecule has 2 amide bonds. The van der Waals surface area contributed by atoms with Gasteiger partial charge in [-0.25, -0.2) is 9.58 Å². The lowest BCUT2D eigenvalue weighted by atomic mass is 9.81. The lowest BCUT2D eigenvalue weighted by Gasteiger charge is -2.14. The summed E-state index contributed by atoms with van der Waals surface area (Å²) in [7, 11) is 0. The summed E-state index contributed by atoms with van der Waals surface area (Å²) in [6.45, 7) is 0.488. The standard InChI is InChI=1S/C17H15ClN4O3/c18-10-3-1-9(2-4-10)7-21-8-19-17(20-21)22-15(23)13-11-5-6-12(25-11)14(13)16(22)24/h1-4,8,11-14H,5-7H2. The lowest BCUT2D eigenvalue weighted by molar-refractivity contribution is -0.124. The van der Waals surface area contributed by atoms with Gasteiger partial charge in [-0.05, 0) is 30.5 Å². The van der Waals surface area contributed by atoms with Crippen LogP contribution in [0.1, 0.15) is 18.4 Å². The van der Waals surface area contributed by atoms with Gasteiger partial charge in [-0.1, -0.05) is 23.7 Å². The molecule has 2 bridgehead atoms. The number of imide groups is 1. The van der Waals surface area contributed by atoms with Crippen molar-refractivity contribution in [1.82, 2.24) is 14.8 Å². The molecule has 0 spiro atoms. The van der Waals surface area contributed by atoms with Crippen molar-refractivity contribution < 1.29 is 14.3 Å². The number of aromatic nitrogens is 3. The Morgan fingerprint density at radius 3 is 2.36 bits per heavy atom. The van der Waals surface area contributed by atoms with Crippen LogP contribution in [0.2, 0.25) is 5.02 Å². The predicted molar refractivity (Wildman–Crippen MR) is 87.9 cm³/mol. The molecular formula is C17H15ClN4O3. The van der Waals surface area contributed by atoms with Crippen molar-refractivity contribution in [2.24, 2.45) is 11.8 Å². The second kappa shape index (κ2) is 5.37. The average Bonchev–Trinajstić information content (AvgIpc) is 3.35. The van der Waals surface area contributed by atoms with Gasteiger partial charge in [-0.15, -0.1) is 5.10 Å². The van der Waals surface area contributed by atoms with Gasteiger partial charge in [-0.3, -0.25) is 9.59 Å². The molecule has 2 aromatic rings. The molecule has 128 valence electrons. The van der Waals surface area contributed by atoms with E-state index in [0.29, 0.717) is 11.6 Å². The molecule has 8 heteroatoms. The first-order valence-electron chi connectivity index (χ1n) is 8.29. The number of ether oxygens (including phenoxy) is 1. The summed E-state index contributed by atoms with van der Waals surface area (Å²) < 4.78 is 7.34. The zero-order valence-corrected chi connectivity index (χ0v) is 14.0. The van der Waals surface area contributed by atoms with Gasteiger partial charge in [-0.2, -0.15) is 4.98 Å². The summed E-state index contributed by atoms with van der Waals surface area (Å²) in [5.74, 6) is -1.04. The molecule has 4 unspecified atom stereocenters. The molecule has 25 heavy (non-hydrogen) atoms. The number of anilines is 1. The molecule has 0 saturated carbocycles. The second-order valence-corrected chi connectivity index (χ2v) is 7.16. The fourth-order valence-corrected chi connectivity index (χ4v) is 4.28. The fourth-order valence-electron chi connectivity index (χ4n) is 4.15. The quantitative estimate of drug-likeness (QED) is 0.780. The van der Waals surface area contributed by atoms with Gasteiger partial charge in [0, 0.05) is 5.02 Å². The van der Waals surface area contributed by atoms with Crippen LogP contribution >= 0.6 is 11.6 Å². The van der Waals surface area contributed by atoms with E-state index in [4.69, 9.17) is 16.3 Å². The molecule has 4 heterocycles. The zero-order chi connectivity index (χ0) is 17.1. The smallest absolute Gasteiger partial charge is 0.258 e. The number of carbonyl (C=O) groups excluding carboxylic acids is 2. The van der Waals surface area contributed by atoms with Crippen molar-refractivity contribution in [3.8, 4) is 0 Å². The van der Waals surface area contributed by atoms with Crippen molar-refractivity contribution in [1.29, 1.82) is 0 Å². The first-order valence-corrected chi connectivity index (χ1v) is 8.67. The molecule has 0 radical (unpaired) electrons. The molecule has 1 aromatic carbocycles. The summed E-state index contributed by atoms with van der Waals surface area (Å²) in [6.07, 6.45) is 2.96. The minimum atomic E-state index is -0.366. The monoisotopic (exact) mass is 358 g/mol. The number of hydrogen-bond donors (Lipinski definition) is 0. The second-order valence-electron chi connectivity index (χ2n) is 6.72. The van der Waals surface area contributed by atoms with E-state index in [0.717, 1.165) is 23.3 Å². The van der Waals surface area contributed by atoms with Crippen LogP contribution in [0.3, 0.4) is 0 Å². The van der Waals surface area contributed by atoms with E-state index in [-0.39, 0.29) is 41.8 Å². The number of benzene rings is 1. The van der Waals surface area contributed by atoms with Gasteiger partial charge in [0.2, 0.25) is 11.8 Å². The van der Waals surface area contributed by atoms with Crippen molar-refractivity contribution >= 4 is 29.4 Å². The average molecular weight is 359 g/mol. The molecule has 1 aromatic heterocycles. The van der Waals surface area contributed by atoms with Crippen LogP contribution in [0, 0.1) is 11.8 Å². The van der Waals surface area contributed by atoms with Crippen molar-refractivity contribution in [3.63, 3.8) is 0 Å². The van der Waals surface area contributed by atoms with E-state index in [1.807, 2.05) is 12.1 Å². The van der Waals surface area contributed by atoms with Gasteiger partial charge >= 0.3 is 0 Å². The third kappa shape index (κ3) is 2.22. The number of nitrogens with zero attached hydrogens (tertiary/aromatic N) is 4. The molecule has 3 fully saturated rings. The van der Waals surface area contributed by atoms with Gasteiger partial charge in [0.15, 0.2) is 0 Å². The number of fused-ring (bicyclic) bond motifs is 5. The van der Waals surface area contributed by atoms with Crippen LogP contribution in [0.5, 0.6) is 0 Å². The molecule has 0 N–H and O–H groups in total. The third-order valence-electron chi connectivity index (χ3n) is 5.27. The van der Waals surface area contributed by atoms with Gasteiger partial charge < -0.3 is 4.74 Å². The maximum atomic E-state index is 12.7. The number of amides is 2. The highest BCUT2D eigenvalue weighted by Gasteiger charge is 2.63. The maximum Gasteiger partial charge on any atom is 0.258 e. The first-order chi connectivity index (χ1) is 12.1. The molecule has 3 aliphatic heterocycles. The summed E-state index contributed by atoms with van der Waals surface area (Å²) in [4.78, 5) is 30.7. The number of rotatable bonds is 3. The molecular weight excluding hydrogens is 344 g/mol. The van der Waals surface area contributed by atoms with Crippen LogP contribution in [-0.4, -0.2) is 38.8 Å². The van der Waals surface area contributed by atoms with Gasteiger partial charge in [0.05, 0.1) is 30.6 Å². The van der Waals surface area contributed by atoms with Crippen LogP contribution in [-0.2, 0) is 20.9 Å². The van der Waals surface area contributed by atoms with E-state index in [1.165, 1.54) is 6.33 Å². The molecule has 0 aliphatic carbocycles. The SMILES string of the molecule is O=C1C2C3CCC(O3)C2C(=O)N1c1ncn(Cc2ccc(Cl)cc2)n1. The largest absolute Gasteiger partial charge is 0.373 e. The van der Waals surface area contributed by atoms with Gasteiger partial charge in [0.25, 0.3) is 5.95 Å². The Morgan fingerprint density at radius 1 is 1.08 bits per heavy atom. The zero-order valence-electron chi connectivity index (χ0n) is 13.2. The minimum Gasteiger partial charge on any atom is -0.373 e. The Kier molecular flexibility index (Phi) is 3.23. The molecule has 4 atom stereocenters. The third-order valence-corrected chi connectivity index (χ3v) is 5.52. The minimum absolute atomic E-state index is 0.132. The topological polar surface area (TPSA) is 77.3 Å². The summed E-state index contributed by atoms with van der Waals surface area (Å²) in [5.41, 5.74) is 1.00. The fraction of sp³-hybridized carbons (Fsp3) is 0.412. The van der Waals surface area contributed by atoms with E-state index in [1.54, 1.807) is 16.8 Å². The van der Waals surface area contributed by atoms with E-state index in [9.17, 15) is 9.59 Å². The lowest BCUT2D eigenvalue weighted by Crippen LogP contribution is -2.35. The van der Waals surface area contributed by atoms with Gasteiger partial charge in [0.1, 0.15) is 6.33 Å². The predicted octanol–water partition coefficient (Wildman–Crippen LogP) is 1.65. The molecule has 3 aliphatic rings. The highest BCUT2D eigenvalue weighted by molar-refractivity contribution is 6.30. The van der Waals surface area contributed by atoms with Crippen molar-refractivity contribution in [2.75, 3.05) is 4.90 Å². The summed E-state index contributed by atoms with van der Waals surface area (Å²) >= 11 is 5.89. The molecule has 3 saturated heterocycles. The van der Waals surface area contributed by atoms with Crippen LogP contribution in [0.25, 0.3) is 0 Å². The van der Waals surface area contributed by atoms with Crippen LogP contribution in [0.4, 0.5) is 5.95 Å². The molecule has 5 rings (SSSR count). The number of halogens is 1. The highest BCUT2D eigenvalue weighted by Crippen LogP contribution is 2.48. The van der Waals surface area contributed by atoms with Crippen LogP contribution in [0.15, 0.2) is 30.6 Å². The Labute approximate surface area is 148 Å². The van der Waals surface area contributed by atoms with E-state index in [2.05, 4.69) is 10.1 Å². The first kappa shape index (κ1) is 15.0. The Bertz CT molecular complexity index is 837. The number of carbonyl (C=O) groups is 2. The van der Waals surface area contributed by atoms with Crippen LogP contribution < -0.4 is 4.90 Å². The summed E-state index contributed by atoms with van der Waals surface area (Å²) in [5, 5.41) is 4.99. The maximum absolute atomic E-state index is 12.7. The van der Waals surface area contributed by atoms with Crippen molar-refractivity contribution in [2.45, 2.75) is 31.6 Å².